The second-order valence-corrected chi connectivity index (χ2v) is 3.57. The maximum absolute atomic E-state index is 11.6. The number of aromatic nitrogens is 1. The predicted molar refractivity (Wildman–Crippen MR) is 65.2 cm³/mol. The summed E-state index contributed by atoms with van der Waals surface area (Å²) < 4.78 is 0. The third-order valence-corrected chi connectivity index (χ3v) is 2.32. The second kappa shape index (κ2) is 6.05. The molecule has 0 spiro atoms. The molecule has 0 bridgehead atoms. The summed E-state index contributed by atoms with van der Waals surface area (Å²) in [6.07, 6.45) is 1.39. The van der Waals surface area contributed by atoms with E-state index < -0.39 is 5.91 Å². The molecule has 0 saturated heterocycles. The summed E-state index contributed by atoms with van der Waals surface area (Å²) in [7, 11) is 3.17. The Kier molecular flexibility index (Phi) is 4.71. The minimum atomic E-state index is -0.398. The van der Waals surface area contributed by atoms with E-state index in [1.54, 1.807) is 7.05 Å². The number of halogens is 1. The van der Waals surface area contributed by atoms with Crippen molar-refractivity contribution in [2.24, 2.45) is 0 Å². The molecule has 0 fully saturated rings. The third kappa shape index (κ3) is 3.60. The Bertz CT molecular complexity index is 436. The standard InChI is InChI=1S/C10H13ClN4O2/c1-12-8(16)5-15-10(17)6-3-7(11)9(13-2)14-4-6/h3-4H,5H2,1-2H3,(H,12,16)(H,13,14)(H,15,17). The number of hydrogen-bond donors (Lipinski definition) is 3. The Morgan fingerprint density at radius 1 is 1.41 bits per heavy atom. The molecule has 2 amide bonds. The third-order valence-electron chi connectivity index (χ3n) is 2.03. The number of carbonyl (C=O) groups excluding carboxylic acids is 2. The lowest BCUT2D eigenvalue weighted by Gasteiger charge is -2.06. The largest absolute Gasteiger partial charge is 0.372 e. The summed E-state index contributed by atoms with van der Waals surface area (Å²) in [6, 6.07) is 1.49. The highest BCUT2D eigenvalue weighted by Crippen LogP contribution is 2.19. The fourth-order valence-corrected chi connectivity index (χ4v) is 1.36. The van der Waals surface area contributed by atoms with E-state index in [4.69, 9.17) is 11.6 Å². The van der Waals surface area contributed by atoms with Crippen LogP contribution in [0.3, 0.4) is 0 Å². The van der Waals surface area contributed by atoms with Crippen molar-refractivity contribution < 1.29 is 9.59 Å². The maximum atomic E-state index is 11.6. The van der Waals surface area contributed by atoms with E-state index in [0.29, 0.717) is 16.4 Å². The Balaban J connectivity index is 2.69. The Morgan fingerprint density at radius 2 is 2.12 bits per heavy atom. The SMILES string of the molecule is CNC(=O)CNC(=O)c1cnc(NC)c(Cl)c1. The van der Waals surface area contributed by atoms with Gasteiger partial charge in [0.25, 0.3) is 5.91 Å². The Labute approximate surface area is 104 Å². The molecule has 1 heterocycles. The number of rotatable bonds is 4. The highest BCUT2D eigenvalue weighted by molar-refractivity contribution is 6.33. The maximum Gasteiger partial charge on any atom is 0.253 e. The van der Waals surface area contributed by atoms with Gasteiger partial charge in [-0.1, -0.05) is 11.6 Å². The molecule has 0 unspecified atom stereocenters. The topological polar surface area (TPSA) is 83.1 Å². The fourth-order valence-electron chi connectivity index (χ4n) is 1.10. The zero-order valence-corrected chi connectivity index (χ0v) is 10.3. The first-order valence-corrected chi connectivity index (χ1v) is 5.28. The number of anilines is 1. The molecule has 1 aromatic heterocycles. The van der Waals surface area contributed by atoms with Crippen LogP contribution in [0.5, 0.6) is 0 Å². The van der Waals surface area contributed by atoms with Gasteiger partial charge in [0, 0.05) is 20.3 Å². The first kappa shape index (κ1) is 13.2. The molecule has 0 aliphatic heterocycles. The van der Waals surface area contributed by atoms with Crippen LogP contribution in [0.2, 0.25) is 5.02 Å². The van der Waals surface area contributed by atoms with Crippen LogP contribution < -0.4 is 16.0 Å². The zero-order valence-electron chi connectivity index (χ0n) is 9.50. The van der Waals surface area contributed by atoms with Crippen LogP contribution in [-0.4, -0.2) is 37.4 Å². The van der Waals surface area contributed by atoms with Crippen molar-refractivity contribution in [1.82, 2.24) is 15.6 Å². The van der Waals surface area contributed by atoms with Gasteiger partial charge in [-0.15, -0.1) is 0 Å². The van der Waals surface area contributed by atoms with Gasteiger partial charge in [0.2, 0.25) is 5.91 Å². The van der Waals surface area contributed by atoms with E-state index >= 15 is 0 Å². The minimum Gasteiger partial charge on any atom is -0.372 e. The first-order valence-electron chi connectivity index (χ1n) is 4.90. The van der Waals surface area contributed by atoms with Gasteiger partial charge in [0.1, 0.15) is 5.82 Å². The molecule has 0 aromatic carbocycles. The average molecular weight is 257 g/mol. The van der Waals surface area contributed by atoms with Crippen LogP contribution >= 0.6 is 11.6 Å². The van der Waals surface area contributed by atoms with E-state index in [1.807, 2.05) is 0 Å². The number of pyridine rings is 1. The summed E-state index contributed by atoms with van der Waals surface area (Å²) in [6.45, 7) is -0.0826. The van der Waals surface area contributed by atoms with Crippen LogP contribution in [0.25, 0.3) is 0 Å². The van der Waals surface area contributed by atoms with E-state index in [-0.39, 0.29) is 12.5 Å². The summed E-state index contributed by atoms with van der Waals surface area (Å²) in [5.41, 5.74) is 0.304. The summed E-state index contributed by atoms with van der Waals surface area (Å²) in [5, 5.41) is 7.97. The van der Waals surface area contributed by atoms with Gasteiger partial charge in [0.15, 0.2) is 0 Å². The van der Waals surface area contributed by atoms with Crippen LogP contribution in [0.1, 0.15) is 10.4 Å². The van der Waals surface area contributed by atoms with Crippen molar-refractivity contribution in [3.63, 3.8) is 0 Å². The van der Waals surface area contributed by atoms with Crippen molar-refractivity contribution in [2.45, 2.75) is 0 Å². The van der Waals surface area contributed by atoms with Crippen molar-refractivity contribution >= 4 is 29.2 Å². The molecular formula is C10H13ClN4O2. The molecule has 0 aliphatic carbocycles. The average Bonchev–Trinajstić information content (AvgIpc) is 2.35. The number of carbonyl (C=O) groups is 2. The Hall–Kier alpha value is -1.82. The summed E-state index contributed by atoms with van der Waals surface area (Å²) >= 11 is 5.88. The quantitative estimate of drug-likeness (QED) is 0.721. The minimum absolute atomic E-state index is 0.0826. The van der Waals surface area contributed by atoms with Crippen LogP contribution in [0.15, 0.2) is 12.3 Å². The molecular weight excluding hydrogens is 244 g/mol. The summed E-state index contributed by atoms with van der Waals surface area (Å²) in [5.74, 6) is -0.176. The molecule has 7 heteroatoms. The van der Waals surface area contributed by atoms with Gasteiger partial charge < -0.3 is 16.0 Å². The number of hydrogen-bond acceptors (Lipinski definition) is 4. The number of nitrogens with zero attached hydrogens (tertiary/aromatic N) is 1. The molecule has 0 saturated carbocycles. The van der Waals surface area contributed by atoms with Gasteiger partial charge in [-0.2, -0.15) is 0 Å². The zero-order chi connectivity index (χ0) is 12.8. The summed E-state index contributed by atoms with van der Waals surface area (Å²) in [4.78, 5) is 26.5. The smallest absolute Gasteiger partial charge is 0.253 e. The molecule has 1 aromatic rings. The van der Waals surface area contributed by atoms with E-state index in [0.717, 1.165) is 0 Å². The Morgan fingerprint density at radius 3 is 2.65 bits per heavy atom. The van der Waals surface area contributed by atoms with E-state index in [9.17, 15) is 9.59 Å². The number of nitrogens with one attached hydrogen (secondary N) is 3. The lowest BCUT2D eigenvalue weighted by molar-refractivity contribution is -0.119. The second-order valence-electron chi connectivity index (χ2n) is 3.16. The van der Waals surface area contributed by atoms with E-state index in [1.165, 1.54) is 19.3 Å². The number of likely N-dealkylation sites (N-methyl/N-ethyl adjacent to an activating group) is 1. The van der Waals surface area contributed by atoms with Gasteiger partial charge in [0.05, 0.1) is 17.1 Å². The van der Waals surface area contributed by atoms with Crippen LogP contribution in [0, 0.1) is 0 Å². The molecule has 6 nitrogen and oxygen atoms in total. The van der Waals surface area contributed by atoms with Crippen molar-refractivity contribution in [3.05, 3.63) is 22.8 Å². The van der Waals surface area contributed by atoms with Gasteiger partial charge in [-0.3, -0.25) is 9.59 Å². The van der Waals surface area contributed by atoms with Crippen LogP contribution in [0.4, 0.5) is 5.82 Å². The lowest BCUT2D eigenvalue weighted by Crippen LogP contribution is -2.35. The predicted octanol–water partition coefficient (Wildman–Crippen LogP) is 0.252. The molecule has 17 heavy (non-hydrogen) atoms. The van der Waals surface area contributed by atoms with Gasteiger partial charge >= 0.3 is 0 Å². The highest BCUT2D eigenvalue weighted by Gasteiger charge is 2.10. The molecule has 0 atom stereocenters. The van der Waals surface area contributed by atoms with Crippen molar-refractivity contribution in [1.29, 1.82) is 0 Å². The van der Waals surface area contributed by atoms with Crippen LogP contribution in [-0.2, 0) is 4.79 Å². The molecule has 0 aliphatic rings. The monoisotopic (exact) mass is 256 g/mol. The first-order chi connectivity index (χ1) is 8.08. The number of amides is 2. The molecule has 92 valence electrons. The fraction of sp³-hybridized carbons (Fsp3) is 0.300. The lowest BCUT2D eigenvalue weighted by atomic mass is 10.2. The van der Waals surface area contributed by atoms with Crippen molar-refractivity contribution in [3.8, 4) is 0 Å². The van der Waals surface area contributed by atoms with Gasteiger partial charge in [-0.05, 0) is 6.07 Å². The molecule has 1 rings (SSSR count). The molecule has 0 radical (unpaired) electrons. The molecule has 3 N–H and O–H groups in total. The van der Waals surface area contributed by atoms with Gasteiger partial charge in [-0.25, -0.2) is 4.98 Å². The van der Waals surface area contributed by atoms with E-state index in [2.05, 4.69) is 20.9 Å². The highest BCUT2D eigenvalue weighted by atomic mass is 35.5. The normalized spacial score (nSPS) is 9.59. The van der Waals surface area contributed by atoms with Crippen molar-refractivity contribution in [2.75, 3.05) is 26.0 Å².